The topological polar surface area (TPSA) is 76.1 Å². The number of halogens is 5. The van der Waals surface area contributed by atoms with E-state index in [9.17, 15) is 22.8 Å². The summed E-state index contributed by atoms with van der Waals surface area (Å²) >= 11 is 12.5. The molecule has 0 aliphatic carbocycles. The number of rotatable bonds is 8. The van der Waals surface area contributed by atoms with Crippen LogP contribution < -0.4 is 9.47 Å². The van der Waals surface area contributed by atoms with Gasteiger partial charge in [0.15, 0.2) is 0 Å². The molecule has 0 radical (unpaired) electrons. The highest BCUT2D eigenvalue weighted by Crippen LogP contribution is 2.29. The summed E-state index contributed by atoms with van der Waals surface area (Å²) in [5.74, 6) is -1.93. The van der Waals surface area contributed by atoms with Crippen molar-refractivity contribution in [2.45, 2.75) is 19.2 Å². The predicted octanol–water partition coefficient (Wildman–Crippen LogP) is 5.71. The van der Waals surface area contributed by atoms with Crippen molar-refractivity contribution in [3.63, 3.8) is 0 Å². The van der Waals surface area contributed by atoms with Crippen LogP contribution in [0.4, 0.5) is 13.2 Å². The Morgan fingerprint density at radius 2 is 1.76 bits per heavy atom. The largest absolute Gasteiger partial charge is 0.573 e. The molecule has 0 atom stereocenters. The Morgan fingerprint density at radius 3 is 2.41 bits per heavy atom. The number of alkyl halides is 3. The smallest absolute Gasteiger partial charge is 0.487 e. The first kappa shape index (κ1) is 25.5. The average Bonchev–Trinajstić information content (AvgIpc) is 2.87. The summed E-state index contributed by atoms with van der Waals surface area (Å²) in [6.07, 6.45) is -2.85. The molecule has 0 saturated carbocycles. The molecule has 2 aromatic rings. The van der Waals surface area contributed by atoms with Gasteiger partial charge >= 0.3 is 12.3 Å². The number of ether oxygens (including phenoxy) is 2. The van der Waals surface area contributed by atoms with Crippen LogP contribution in [-0.2, 0) is 11.2 Å². The number of benzene rings is 2. The first-order valence-corrected chi connectivity index (χ1v) is 10.6. The van der Waals surface area contributed by atoms with Crippen molar-refractivity contribution in [2.75, 3.05) is 13.2 Å². The van der Waals surface area contributed by atoms with Crippen LogP contribution in [0.3, 0.4) is 0 Å². The fourth-order valence-corrected chi connectivity index (χ4v) is 3.56. The fraction of sp³-hybridized carbons (Fsp3) is 0.217. The minimum absolute atomic E-state index is 0.0325. The van der Waals surface area contributed by atoms with Crippen LogP contribution in [0.2, 0.25) is 0 Å². The van der Waals surface area contributed by atoms with Crippen LogP contribution in [0.25, 0.3) is 0 Å². The Bertz CT molecular complexity index is 1130. The van der Waals surface area contributed by atoms with Crippen LogP contribution in [0.5, 0.6) is 11.5 Å². The number of carboxylic acid groups (broad SMARTS) is 1. The average molecular weight is 516 g/mol. The number of hydrogen-bond acceptors (Lipinski definition) is 4. The number of carbonyl (C=O) groups is 2. The maximum absolute atomic E-state index is 12.8. The summed E-state index contributed by atoms with van der Waals surface area (Å²) in [5, 5.41) is 9.27. The summed E-state index contributed by atoms with van der Waals surface area (Å²) in [5.41, 5.74) is 1.22. The normalized spacial score (nSPS) is 14.6. The fourth-order valence-electron chi connectivity index (χ4n) is 3.14. The summed E-state index contributed by atoms with van der Waals surface area (Å²) in [7, 11) is 0. The molecule has 1 aliphatic heterocycles. The van der Waals surface area contributed by atoms with E-state index in [-0.39, 0.29) is 40.9 Å². The molecular weight excluding hydrogens is 498 g/mol. The van der Waals surface area contributed by atoms with E-state index in [1.54, 1.807) is 12.1 Å². The molecule has 11 heteroatoms. The predicted molar refractivity (Wildman–Crippen MR) is 119 cm³/mol. The summed E-state index contributed by atoms with van der Waals surface area (Å²) in [6.45, 7) is -0.0581. The Labute approximate surface area is 202 Å². The van der Waals surface area contributed by atoms with Gasteiger partial charge in [-0.25, -0.2) is 4.79 Å². The molecule has 1 N–H and O–H groups in total. The molecule has 180 valence electrons. The van der Waals surface area contributed by atoms with Crippen LogP contribution in [0.15, 0.2) is 70.4 Å². The zero-order valence-electron chi connectivity index (χ0n) is 17.4. The molecular formula is C23H18Cl2F3NO5. The number of allylic oxidation sites excluding steroid dienone is 2. The molecule has 0 saturated heterocycles. The highest BCUT2D eigenvalue weighted by atomic mass is 35.5. The van der Waals surface area contributed by atoms with Gasteiger partial charge in [-0.15, -0.1) is 13.2 Å². The van der Waals surface area contributed by atoms with Gasteiger partial charge in [0.05, 0.1) is 11.3 Å². The molecule has 0 spiro atoms. The first-order valence-electron chi connectivity index (χ1n) is 9.89. The van der Waals surface area contributed by atoms with Crippen molar-refractivity contribution < 1.29 is 37.3 Å². The molecule has 34 heavy (non-hydrogen) atoms. The molecule has 0 aromatic heterocycles. The number of carboxylic acids is 1. The Hall–Kier alpha value is -3.17. The van der Waals surface area contributed by atoms with Crippen molar-refractivity contribution in [3.8, 4) is 11.5 Å². The quantitative estimate of drug-likeness (QED) is 0.487. The molecule has 0 fully saturated rings. The van der Waals surface area contributed by atoms with Crippen molar-refractivity contribution in [1.29, 1.82) is 0 Å². The zero-order chi connectivity index (χ0) is 24.9. The number of aromatic carboxylic acids is 1. The third-order valence-electron chi connectivity index (χ3n) is 4.79. The second-order valence-electron chi connectivity index (χ2n) is 7.13. The number of amides is 1. The van der Waals surface area contributed by atoms with Crippen LogP contribution >= 0.6 is 23.2 Å². The van der Waals surface area contributed by atoms with E-state index in [0.29, 0.717) is 12.1 Å². The van der Waals surface area contributed by atoms with Crippen LogP contribution in [0.1, 0.15) is 22.3 Å². The number of hydrogen-bond donors (Lipinski definition) is 1. The van der Waals surface area contributed by atoms with Crippen LogP contribution in [-0.4, -0.2) is 41.4 Å². The lowest BCUT2D eigenvalue weighted by Crippen LogP contribution is -2.34. The van der Waals surface area contributed by atoms with Gasteiger partial charge in [-0.2, -0.15) is 0 Å². The van der Waals surface area contributed by atoms with Crippen molar-refractivity contribution in [2.24, 2.45) is 0 Å². The van der Waals surface area contributed by atoms with Gasteiger partial charge in [0.2, 0.25) is 0 Å². The van der Waals surface area contributed by atoms with Gasteiger partial charge in [0, 0.05) is 24.1 Å². The third-order valence-corrected chi connectivity index (χ3v) is 5.48. The van der Waals surface area contributed by atoms with Gasteiger partial charge in [0.1, 0.15) is 23.1 Å². The Kier molecular flexibility index (Phi) is 8.11. The van der Waals surface area contributed by atoms with Crippen molar-refractivity contribution in [1.82, 2.24) is 4.90 Å². The molecule has 6 nitrogen and oxygen atoms in total. The number of carbonyl (C=O) groups excluding carboxylic acids is 1. The molecule has 1 amide bonds. The van der Waals surface area contributed by atoms with Gasteiger partial charge < -0.3 is 19.5 Å². The van der Waals surface area contributed by atoms with E-state index in [0.717, 1.165) is 17.7 Å². The molecule has 0 bridgehead atoms. The standard InChI is InChI=1S/C23H18Cl2F3NO5/c24-18-8-9-19(25)21(30)29(11-10-14-4-6-15(7-5-14)22(31)32)20(18)13-33-16-2-1-3-17(12-16)34-23(26,27)28/h1-7,9,12H,8,10-11,13H2,(H,31,32). The van der Waals surface area contributed by atoms with E-state index < -0.39 is 24.0 Å². The van der Waals surface area contributed by atoms with Crippen LogP contribution in [0, 0.1) is 0 Å². The van der Waals surface area contributed by atoms with Crippen molar-refractivity contribution in [3.05, 3.63) is 81.5 Å². The second kappa shape index (κ2) is 10.8. The monoisotopic (exact) mass is 515 g/mol. The Morgan fingerprint density at radius 1 is 1.09 bits per heavy atom. The lowest BCUT2D eigenvalue weighted by Gasteiger charge is -2.25. The summed E-state index contributed by atoms with van der Waals surface area (Å²) in [6, 6.07) is 11.2. The number of nitrogens with zero attached hydrogens (tertiary/aromatic N) is 1. The zero-order valence-corrected chi connectivity index (χ0v) is 19.0. The summed E-state index contributed by atoms with van der Waals surface area (Å²) in [4.78, 5) is 25.2. The summed E-state index contributed by atoms with van der Waals surface area (Å²) < 4.78 is 47.0. The van der Waals surface area contributed by atoms with E-state index in [1.807, 2.05) is 0 Å². The van der Waals surface area contributed by atoms with Crippen molar-refractivity contribution >= 4 is 35.1 Å². The van der Waals surface area contributed by atoms with E-state index in [4.69, 9.17) is 33.0 Å². The lowest BCUT2D eigenvalue weighted by molar-refractivity contribution is -0.274. The highest BCUT2D eigenvalue weighted by molar-refractivity contribution is 6.42. The molecule has 1 heterocycles. The van der Waals surface area contributed by atoms with Gasteiger partial charge in [0.25, 0.3) is 5.91 Å². The van der Waals surface area contributed by atoms with Gasteiger partial charge in [-0.05, 0) is 36.2 Å². The van der Waals surface area contributed by atoms with Gasteiger partial charge in [-0.1, -0.05) is 47.5 Å². The SMILES string of the molecule is O=C(O)c1ccc(CCN2C(=O)C(Cl)=CCC(Cl)=C2COc2cccc(OC(F)(F)F)c2)cc1. The minimum atomic E-state index is -4.85. The highest BCUT2D eigenvalue weighted by Gasteiger charge is 2.31. The lowest BCUT2D eigenvalue weighted by atomic mass is 10.1. The maximum atomic E-state index is 12.8. The maximum Gasteiger partial charge on any atom is 0.573 e. The first-order chi connectivity index (χ1) is 16.0. The molecule has 0 unspecified atom stereocenters. The minimum Gasteiger partial charge on any atom is -0.487 e. The molecule has 2 aromatic carbocycles. The molecule has 1 aliphatic rings. The second-order valence-corrected chi connectivity index (χ2v) is 7.99. The van der Waals surface area contributed by atoms with E-state index >= 15 is 0 Å². The van der Waals surface area contributed by atoms with E-state index in [2.05, 4.69) is 4.74 Å². The van der Waals surface area contributed by atoms with E-state index in [1.165, 1.54) is 35.2 Å². The van der Waals surface area contributed by atoms with Gasteiger partial charge in [-0.3, -0.25) is 4.79 Å². The third kappa shape index (κ3) is 6.91. The molecule has 3 rings (SSSR count). The Balaban J connectivity index is 1.76.